The summed E-state index contributed by atoms with van der Waals surface area (Å²) in [7, 11) is 0. The number of carbonyl (C=O) groups excluding carboxylic acids is 1. The summed E-state index contributed by atoms with van der Waals surface area (Å²) in [5, 5.41) is 2.91. The molecule has 0 aromatic heterocycles. The van der Waals surface area contributed by atoms with Gasteiger partial charge < -0.3 is 5.32 Å². The van der Waals surface area contributed by atoms with Crippen LogP contribution in [0.3, 0.4) is 0 Å². The number of halogens is 1. The first-order chi connectivity index (χ1) is 6.72. The first-order valence-electron chi connectivity index (χ1n) is 5.57. The van der Waals surface area contributed by atoms with Gasteiger partial charge in [-0.05, 0) is 25.7 Å². The SMILES string of the molecule is CC(CCl)NC(=O)CC1CCCCC1. The third-order valence-electron chi connectivity index (χ3n) is 2.84. The van der Waals surface area contributed by atoms with Crippen molar-refractivity contribution in [2.24, 2.45) is 5.92 Å². The molecule has 0 aromatic carbocycles. The number of rotatable bonds is 4. The van der Waals surface area contributed by atoms with Crippen molar-refractivity contribution in [3.63, 3.8) is 0 Å². The van der Waals surface area contributed by atoms with Crippen LogP contribution in [-0.4, -0.2) is 17.8 Å². The van der Waals surface area contributed by atoms with Crippen molar-refractivity contribution in [2.45, 2.75) is 51.5 Å². The Morgan fingerprint density at radius 2 is 2.07 bits per heavy atom. The fourth-order valence-corrected chi connectivity index (χ4v) is 2.10. The van der Waals surface area contributed by atoms with Gasteiger partial charge in [-0.2, -0.15) is 0 Å². The Labute approximate surface area is 91.4 Å². The Bertz CT molecular complexity index is 178. The van der Waals surface area contributed by atoms with Crippen molar-refractivity contribution in [1.29, 1.82) is 0 Å². The van der Waals surface area contributed by atoms with Crippen molar-refractivity contribution in [3.05, 3.63) is 0 Å². The van der Waals surface area contributed by atoms with E-state index < -0.39 is 0 Å². The van der Waals surface area contributed by atoms with Gasteiger partial charge in [0.25, 0.3) is 0 Å². The summed E-state index contributed by atoms with van der Waals surface area (Å²) in [6, 6.07) is 0.104. The smallest absolute Gasteiger partial charge is 0.220 e. The summed E-state index contributed by atoms with van der Waals surface area (Å²) in [4.78, 5) is 11.5. The molecule has 0 heterocycles. The van der Waals surface area contributed by atoms with Crippen LogP contribution in [0.1, 0.15) is 45.4 Å². The number of nitrogens with one attached hydrogen (secondary N) is 1. The molecular formula is C11H20ClNO. The van der Waals surface area contributed by atoms with Gasteiger partial charge in [0, 0.05) is 18.3 Å². The van der Waals surface area contributed by atoms with Gasteiger partial charge in [-0.3, -0.25) is 4.79 Å². The number of amides is 1. The summed E-state index contributed by atoms with van der Waals surface area (Å²) in [5.41, 5.74) is 0. The van der Waals surface area contributed by atoms with Crippen LogP contribution in [0.2, 0.25) is 0 Å². The quantitative estimate of drug-likeness (QED) is 0.721. The molecular weight excluding hydrogens is 198 g/mol. The van der Waals surface area contributed by atoms with E-state index in [2.05, 4.69) is 5.32 Å². The molecule has 1 amide bonds. The molecule has 1 rings (SSSR count). The van der Waals surface area contributed by atoms with Crippen LogP contribution >= 0.6 is 11.6 Å². The highest BCUT2D eigenvalue weighted by Crippen LogP contribution is 2.26. The second kappa shape index (κ2) is 6.28. The first-order valence-corrected chi connectivity index (χ1v) is 6.11. The molecule has 1 atom stereocenters. The number of carbonyl (C=O) groups is 1. The molecule has 0 radical (unpaired) electrons. The third kappa shape index (κ3) is 4.32. The van der Waals surface area contributed by atoms with E-state index >= 15 is 0 Å². The van der Waals surface area contributed by atoms with Gasteiger partial charge in [0.1, 0.15) is 0 Å². The molecule has 1 aliphatic rings. The van der Waals surface area contributed by atoms with Crippen LogP contribution in [0.15, 0.2) is 0 Å². The predicted molar refractivity (Wildman–Crippen MR) is 59.5 cm³/mol. The topological polar surface area (TPSA) is 29.1 Å². The second-order valence-electron chi connectivity index (χ2n) is 4.33. The van der Waals surface area contributed by atoms with E-state index in [-0.39, 0.29) is 11.9 Å². The van der Waals surface area contributed by atoms with Crippen molar-refractivity contribution in [1.82, 2.24) is 5.32 Å². The first kappa shape index (κ1) is 11.8. The average Bonchev–Trinajstić information content (AvgIpc) is 2.19. The standard InChI is InChI=1S/C11H20ClNO/c1-9(8-12)13-11(14)7-10-5-3-2-4-6-10/h9-10H,2-8H2,1H3,(H,13,14). The van der Waals surface area contributed by atoms with Gasteiger partial charge in [0.15, 0.2) is 0 Å². The maximum Gasteiger partial charge on any atom is 0.220 e. The zero-order valence-electron chi connectivity index (χ0n) is 8.89. The zero-order chi connectivity index (χ0) is 10.4. The Morgan fingerprint density at radius 3 is 2.64 bits per heavy atom. The van der Waals surface area contributed by atoms with Gasteiger partial charge in [0.05, 0.1) is 0 Å². The van der Waals surface area contributed by atoms with Gasteiger partial charge in [-0.15, -0.1) is 11.6 Å². The van der Waals surface area contributed by atoms with Gasteiger partial charge in [-0.25, -0.2) is 0 Å². The van der Waals surface area contributed by atoms with Crippen LogP contribution in [0, 0.1) is 5.92 Å². The molecule has 0 bridgehead atoms. The molecule has 0 aliphatic heterocycles. The van der Waals surface area contributed by atoms with Crippen molar-refractivity contribution in [3.8, 4) is 0 Å². The lowest BCUT2D eigenvalue weighted by Gasteiger charge is -2.21. The van der Waals surface area contributed by atoms with E-state index in [1.54, 1.807) is 0 Å². The highest BCUT2D eigenvalue weighted by molar-refractivity contribution is 6.18. The Kier molecular flexibility index (Phi) is 5.31. The lowest BCUT2D eigenvalue weighted by molar-refractivity contribution is -0.122. The molecule has 0 saturated heterocycles. The third-order valence-corrected chi connectivity index (χ3v) is 3.30. The lowest BCUT2D eigenvalue weighted by atomic mass is 9.87. The van der Waals surface area contributed by atoms with Crippen molar-refractivity contribution >= 4 is 17.5 Å². The van der Waals surface area contributed by atoms with Gasteiger partial charge in [0.2, 0.25) is 5.91 Å². The van der Waals surface area contributed by atoms with Crippen molar-refractivity contribution < 1.29 is 4.79 Å². The molecule has 1 fully saturated rings. The summed E-state index contributed by atoms with van der Waals surface area (Å²) in [5.74, 6) is 1.28. The minimum Gasteiger partial charge on any atom is -0.352 e. The Hall–Kier alpha value is -0.240. The monoisotopic (exact) mass is 217 g/mol. The normalized spacial score (nSPS) is 20.4. The van der Waals surface area contributed by atoms with Crippen LogP contribution in [-0.2, 0) is 4.79 Å². The maximum atomic E-state index is 11.5. The molecule has 3 heteroatoms. The van der Waals surface area contributed by atoms with E-state index in [1.807, 2.05) is 6.92 Å². The molecule has 1 saturated carbocycles. The van der Waals surface area contributed by atoms with Crippen LogP contribution in [0.25, 0.3) is 0 Å². The van der Waals surface area contributed by atoms with E-state index in [0.717, 1.165) is 0 Å². The Morgan fingerprint density at radius 1 is 1.43 bits per heavy atom. The molecule has 1 unspecified atom stereocenters. The van der Waals surface area contributed by atoms with E-state index in [0.29, 0.717) is 18.2 Å². The highest BCUT2D eigenvalue weighted by atomic mass is 35.5. The van der Waals surface area contributed by atoms with E-state index in [1.165, 1.54) is 32.1 Å². The predicted octanol–water partition coefficient (Wildman–Crippen LogP) is 2.70. The number of hydrogen-bond acceptors (Lipinski definition) is 1. The molecule has 82 valence electrons. The Balaban J connectivity index is 2.18. The van der Waals surface area contributed by atoms with Crippen LogP contribution in [0.5, 0.6) is 0 Å². The number of hydrogen-bond donors (Lipinski definition) is 1. The molecule has 14 heavy (non-hydrogen) atoms. The fraction of sp³-hybridized carbons (Fsp3) is 0.909. The summed E-state index contributed by atoms with van der Waals surface area (Å²) in [6.07, 6.45) is 7.08. The van der Waals surface area contributed by atoms with Gasteiger partial charge in [-0.1, -0.05) is 19.3 Å². The largest absolute Gasteiger partial charge is 0.352 e. The minimum atomic E-state index is 0.104. The maximum absolute atomic E-state index is 11.5. The number of alkyl halides is 1. The summed E-state index contributed by atoms with van der Waals surface area (Å²) < 4.78 is 0. The van der Waals surface area contributed by atoms with E-state index in [4.69, 9.17) is 11.6 Å². The molecule has 1 N–H and O–H groups in total. The van der Waals surface area contributed by atoms with Crippen LogP contribution in [0.4, 0.5) is 0 Å². The van der Waals surface area contributed by atoms with Crippen molar-refractivity contribution in [2.75, 3.05) is 5.88 Å². The van der Waals surface area contributed by atoms with Crippen LogP contribution < -0.4 is 5.32 Å². The lowest BCUT2D eigenvalue weighted by Crippen LogP contribution is -2.35. The second-order valence-corrected chi connectivity index (χ2v) is 4.64. The average molecular weight is 218 g/mol. The molecule has 0 aromatic rings. The molecule has 2 nitrogen and oxygen atoms in total. The molecule has 1 aliphatic carbocycles. The zero-order valence-corrected chi connectivity index (χ0v) is 9.65. The minimum absolute atomic E-state index is 0.104. The highest BCUT2D eigenvalue weighted by Gasteiger charge is 2.17. The van der Waals surface area contributed by atoms with Gasteiger partial charge >= 0.3 is 0 Å². The molecule has 0 spiro atoms. The fourth-order valence-electron chi connectivity index (χ4n) is 2.03. The summed E-state index contributed by atoms with van der Waals surface area (Å²) >= 11 is 5.62. The van der Waals surface area contributed by atoms with E-state index in [9.17, 15) is 4.79 Å². The summed E-state index contributed by atoms with van der Waals surface area (Å²) in [6.45, 7) is 1.94.